The maximum absolute atomic E-state index is 3.29. The van der Waals surface area contributed by atoms with E-state index in [1.807, 2.05) is 7.05 Å². The fraction of sp³-hybridized carbons (Fsp3) is 0.800. The normalized spacial score (nSPS) is 12.7. The Morgan fingerprint density at radius 1 is 1.45 bits per heavy atom. The van der Waals surface area contributed by atoms with Crippen LogP contribution in [0.1, 0.15) is 40.0 Å². The third-order valence-corrected chi connectivity index (χ3v) is 1.77. The van der Waals surface area contributed by atoms with Gasteiger partial charge in [-0.15, -0.1) is 0 Å². The number of rotatable bonds is 5. The van der Waals surface area contributed by atoms with Gasteiger partial charge in [0.25, 0.3) is 0 Å². The summed E-state index contributed by atoms with van der Waals surface area (Å²) in [6.45, 7) is 6.53. The second-order valence-electron chi connectivity index (χ2n) is 3.28. The number of likely N-dealkylation sites (N-methyl/N-ethyl adjacent to an activating group) is 1. The molecule has 1 nitrogen and oxygen atoms in total. The number of allylic oxidation sites excluding steroid dienone is 1. The topological polar surface area (TPSA) is 12.0 Å². The van der Waals surface area contributed by atoms with Gasteiger partial charge in [0.15, 0.2) is 0 Å². The molecule has 1 heteroatoms. The third-order valence-electron chi connectivity index (χ3n) is 1.77. The minimum atomic E-state index is 0.583. The largest absolute Gasteiger partial charge is 0.314 e. The van der Waals surface area contributed by atoms with E-state index in [2.05, 4.69) is 32.2 Å². The van der Waals surface area contributed by atoms with Crippen LogP contribution in [0.4, 0.5) is 0 Å². The van der Waals surface area contributed by atoms with Gasteiger partial charge in [0.05, 0.1) is 0 Å². The highest BCUT2D eigenvalue weighted by Gasteiger charge is 1.99. The lowest BCUT2D eigenvalue weighted by Gasteiger charge is -2.11. The lowest BCUT2D eigenvalue weighted by atomic mass is 10.1. The van der Waals surface area contributed by atoms with Crippen molar-refractivity contribution in [2.75, 3.05) is 7.05 Å². The maximum Gasteiger partial charge on any atom is 0.0249 e. The van der Waals surface area contributed by atoms with Crippen LogP contribution in [-0.4, -0.2) is 13.1 Å². The summed E-state index contributed by atoms with van der Waals surface area (Å²) >= 11 is 0. The Hall–Kier alpha value is -0.300. The highest BCUT2D eigenvalue weighted by Crippen LogP contribution is 2.03. The van der Waals surface area contributed by atoms with Crippen LogP contribution in [-0.2, 0) is 0 Å². The fourth-order valence-corrected chi connectivity index (χ4v) is 1.14. The maximum atomic E-state index is 3.29. The van der Waals surface area contributed by atoms with Crippen molar-refractivity contribution in [1.29, 1.82) is 0 Å². The molecule has 0 radical (unpaired) electrons. The van der Waals surface area contributed by atoms with Gasteiger partial charge >= 0.3 is 0 Å². The number of hydrogen-bond acceptors (Lipinski definition) is 1. The van der Waals surface area contributed by atoms with E-state index >= 15 is 0 Å². The number of nitrogens with one attached hydrogen (secondary N) is 1. The molecule has 0 saturated carbocycles. The molecule has 0 aliphatic heterocycles. The van der Waals surface area contributed by atoms with Crippen molar-refractivity contribution in [2.24, 2.45) is 0 Å². The number of unbranched alkanes of at least 4 members (excludes halogenated alkanes) is 1. The highest BCUT2D eigenvalue weighted by atomic mass is 14.9. The summed E-state index contributed by atoms with van der Waals surface area (Å²) in [5, 5.41) is 3.29. The van der Waals surface area contributed by atoms with Crippen LogP contribution >= 0.6 is 0 Å². The van der Waals surface area contributed by atoms with Gasteiger partial charge in [-0.2, -0.15) is 0 Å². The summed E-state index contributed by atoms with van der Waals surface area (Å²) in [6.07, 6.45) is 6.16. The first-order chi connectivity index (χ1) is 5.20. The second-order valence-corrected chi connectivity index (χ2v) is 3.28. The molecule has 0 bridgehead atoms. The van der Waals surface area contributed by atoms with Crippen molar-refractivity contribution < 1.29 is 0 Å². The molecular formula is C10H21N. The average molecular weight is 155 g/mol. The molecule has 0 aromatic rings. The molecule has 66 valence electrons. The van der Waals surface area contributed by atoms with Crippen molar-refractivity contribution in [3.8, 4) is 0 Å². The monoisotopic (exact) mass is 155 g/mol. The Kier molecular flexibility index (Phi) is 6.24. The van der Waals surface area contributed by atoms with Gasteiger partial charge in [-0.25, -0.2) is 0 Å². The summed E-state index contributed by atoms with van der Waals surface area (Å²) < 4.78 is 0. The van der Waals surface area contributed by atoms with E-state index in [9.17, 15) is 0 Å². The summed E-state index contributed by atoms with van der Waals surface area (Å²) in [4.78, 5) is 0. The Bertz CT molecular complexity index is 112. The van der Waals surface area contributed by atoms with Gasteiger partial charge in [-0.3, -0.25) is 0 Å². The van der Waals surface area contributed by atoms with Crippen molar-refractivity contribution >= 4 is 0 Å². The zero-order valence-electron chi connectivity index (χ0n) is 8.28. The Morgan fingerprint density at radius 3 is 2.45 bits per heavy atom. The molecule has 0 amide bonds. The van der Waals surface area contributed by atoms with Gasteiger partial charge in [-0.1, -0.05) is 31.4 Å². The van der Waals surface area contributed by atoms with E-state index in [1.54, 1.807) is 0 Å². The number of hydrogen-bond donors (Lipinski definition) is 1. The van der Waals surface area contributed by atoms with Crippen molar-refractivity contribution in [2.45, 2.75) is 46.1 Å². The van der Waals surface area contributed by atoms with Crippen LogP contribution < -0.4 is 5.32 Å². The van der Waals surface area contributed by atoms with Gasteiger partial charge in [-0.05, 0) is 27.3 Å². The summed E-state index contributed by atoms with van der Waals surface area (Å²) in [6, 6.07) is 0.583. The molecule has 0 spiro atoms. The first kappa shape index (κ1) is 10.7. The summed E-state index contributed by atoms with van der Waals surface area (Å²) in [5.74, 6) is 0. The predicted molar refractivity (Wildman–Crippen MR) is 51.8 cm³/mol. The average Bonchev–Trinajstić information content (AvgIpc) is 1.97. The fourth-order valence-electron chi connectivity index (χ4n) is 1.14. The van der Waals surface area contributed by atoms with E-state index in [4.69, 9.17) is 0 Å². The van der Waals surface area contributed by atoms with Gasteiger partial charge < -0.3 is 5.32 Å². The third kappa shape index (κ3) is 6.11. The summed E-state index contributed by atoms with van der Waals surface area (Å²) in [5.41, 5.74) is 1.40. The Morgan fingerprint density at radius 2 is 2.09 bits per heavy atom. The van der Waals surface area contributed by atoms with E-state index in [1.165, 1.54) is 24.8 Å². The van der Waals surface area contributed by atoms with Crippen LogP contribution in [0.2, 0.25) is 0 Å². The molecule has 0 heterocycles. The molecule has 11 heavy (non-hydrogen) atoms. The van der Waals surface area contributed by atoms with Crippen LogP contribution in [0.25, 0.3) is 0 Å². The molecule has 0 fully saturated rings. The lowest BCUT2D eigenvalue weighted by Crippen LogP contribution is -2.22. The van der Waals surface area contributed by atoms with Crippen molar-refractivity contribution in [3.63, 3.8) is 0 Å². The van der Waals surface area contributed by atoms with Crippen LogP contribution in [0.15, 0.2) is 11.6 Å². The molecule has 1 unspecified atom stereocenters. The first-order valence-corrected chi connectivity index (χ1v) is 4.53. The van der Waals surface area contributed by atoms with Gasteiger partial charge in [0.1, 0.15) is 0 Å². The predicted octanol–water partition coefficient (Wildman–Crippen LogP) is 2.73. The minimum Gasteiger partial charge on any atom is -0.314 e. The van der Waals surface area contributed by atoms with Crippen molar-refractivity contribution in [1.82, 2.24) is 5.32 Å². The quantitative estimate of drug-likeness (QED) is 0.602. The molecule has 0 aliphatic rings. The molecule has 0 saturated heterocycles. The van der Waals surface area contributed by atoms with E-state index in [0.717, 1.165) is 0 Å². The molecule has 0 aliphatic carbocycles. The van der Waals surface area contributed by atoms with Crippen LogP contribution in [0.5, 0.6) is 0 Å². The van der Waals surface area contributed by atoms with Crippen LogP contribution in [0.3, 0.4) is 0 Å². The molecule has 1 N–H and O–H groups in total. The SMILES string of the molecule is CCCCC(C=C(C)C)NC. The van der Waals surface area contributed by atoms with Gasteiger partial charge in [0.2, 0.25) is 0 Å². The van der Waals surface area contributed by atoms with E-state index in [-0.39, 0.29) is 0 Å². The zero-order valence-corrected chi connectivity index (χ0v) is 8.28. The molecule has 0 aromatic carbocycles. The molecule has 1 atom stereocenters. The molecule has 0 rings (SSSR count). The Labute approximate surface area is 70.9 Å². The standard InChI is InChI=1S/C10H21N/c1-5-6-7-10(11-4)8-9(2)3/h8,10-11H,5-7H2,1-4H3. The zero-order chi connectivity index (χ0) is 8.69. The molecule has 0 aromatic heterocycles. The molecular weight excluding hydrogens is 134 g/mol. The Balaban J connectivity index is 3.67. The first-order valence-electron chi connectivity index (χ1n) is 4.53. The lowest BCUT2D eigenvalue weighted by molar-refractivity contribution is 0.576. The smallest absolute Gasteiger partial charge is 0.0249 e. The van der Waals surface area contributed by atoms with Gasteiger partial charge in [0, 0.05) is 6.04 Å². The van der Waals surface area contributed by atoms with Crippen LogP contribution in [0, 0.1) is 0 Å². The summed E-state index contributed by atoms with van der Waals surface area (Å²) in [7, 11) is 2.03. The minimum absolute atomic E-state index is 0.583. The van der Waals surface area contributed by atoms with Crippen molar-refractivity contribution in [3.05, 3.63) is 11.6 Å². The second kappa shape index (κ2) is 6.41. The highest BCUT2D eigenvalue weighted by molar-refractivity contribution is 5.00. The van der Waals surface area contributed by atoms with E-state index in [0.29, 0.717) is 6.04 Å². The van der Waals surface area contributed by atoms with E-state index < -0.39 is 0 Å².